The molecule has 1 amide bonds. The summed E-state index contributed by atoms with van der Waals surface area (Å²) in [4.78, 5) is 28.8. The molecule has 0 aromatic carbocycles. The van der Waals surface area contributed by atoms with Gasteiger partial charge in [0.15, 0.2) is 0 Å². The normalized spacial score (nSPS) is 10.2. The number of aryl methyl sites for hydroxylation is 1. The summed E-state index contributed by atoms with van der Waals surface area (Å²) in [6.45, 7) is 3.73. The van der Waals surface area contributed by atoms with E-state index in [0.29, 0.717) is 16.1 Å². The maximum atomic E-state index is 12.1. The Kier molecular flexibility index (Phi) is 4.14. The van der Waals surface area contributed by atoms with Crippen molar-refractivity contribution in [3.8, 4) is 0 Å². The predicted molar refractivity (Wildman–Crippen MR) is 77.3 cm³/mol. The minimum absolute atomic E-state index is 0.279. The molecule has 5 nitrogen and oxygen atoms in total. The molecule has 20 heavy (non-hydrogen) atoms. The van der Waals surface area contributed by atoms with Crippen LogP contribution < -0.4 is 5.32 Å². The molecule has 2 rings (SSSR count). The van der Waals surface area contributed by atoms with Crippen molar-refractivity contribution >= 4 is 28.2 Å². The second-order valence-corrected chi connectivity index (χ2v) is 5.39. The van der Waals surface area contributed by atoms with Gasteiger partial charge in [-0.15, -0.1) is 11.3 Å². The summed E-state index contributed by atoms with van der Waals surface area (Å²) in [5.41, 5.74) is 1.73. The third-order valence-electron chi connectivity index (χ3n) is 2.94. The Bertz CT molecular complexity index is 650. The number of aromatic nitrogens is 1. The van der Waals surface area contributed by atoms with Crippen molar-refractivity contribution in [3.63, 3.8) is 0 Å². The SMILES string of the molecule is COC(=O)c1c(NC(=O)c2ccncc2)sc(C)c1C. The zero-order valence-electron chi connectivity index (χ0n) is 11.4. The van der Waals surface area contributed by atoms with Crippen LogP contribution in [0.4, 0.5) is 5.00 Å². The van der Waals surface area contributed by atoms with Gasteiger partial charge in [-0.3, -0.25) is 9.78 Å². The van der Waals surface area contributed by atoms with Crippen LogP contribution in [0.2, 0.25) is 0 Å². The Labute approximate surface area is 120 Å². The quantitative estimate of drug-likeness (QED) is 0.883. The Morgan fingerprint density at radius 2 is 1.90 bits per heavy atom. The van der Waals surface area contributed by atoms with Gasteiger partial charge in [0.1, 0.15) is 5.00 Å². The maximum absolute atomic E-state index is 12.1. The van der Waals surface area contributed by atoms with Gasteiger partial charge in [0.25, 0.3) is 5.91 Å². The van der Waals surface area contributed by atoms with Gasteiger partial charge in [0.05, 0.1) is 12.7 Å². The molecular weight excluding hydrogens is 276 g/mol. The molecule has 104 valence electrons. The highest BCUT2D eigenvalue weighted by atomic mass is 32.1. The molecule has 0 aliphatic heterocycles. The number of ether oxygens (including phenoxy) is 1. The molecule has 0 atom stereocenters. The molecular formula is C14H14N2O3S. The summed E-state index contributed by atoms with van der Waals surface area (Å²) in [5.74, 6) is -0.726. The molecule has 0 aliphatic carbocycles. The van der Waals surface area contributed by atoms with Crippen molar-refractivity contribution in [3.05, 3.63) is 46.1 Å². The predicted octanol–water partition coefficient (Wildman–Crippen LogP) is 2.80. The van der Waals surface area contributed by atoms with E-state index in [1.807, 2.05) is 13.8 Å². The van der Waals surface area contributed by atoms with Crippen LogP contribution in [0.25, 0.3) is 0 Å². The highest BCUT2D eigenvalue weighted by molar-refractivity contribution is 7.16. The number of amides is 1. The molecule has 0 saturated carbocycles. The van der Waals surface area contributed by atoms with E-state index in [0.717, 1.165) is 10.4 Å². The van der Waals surface area contributed by atoms with Crippen LogP contribution in [0.15, 0.2) is 24.5 Å². The summed E-state index contributed by atoms with van der Waals surface area (Å²) in [6, 6.07) is 3.22. The number of hydrogen-bond donors (Lipinski definition) is 1. The molecule has 0 radical (unpaired) electrons. The number of nitrogens with zero attached hydrogens (tertiary/aromatic N) is 1. The first-order valence-corrected chi connectivity index (χ1v) is 6.76. The van der Waals surface area contributed by atoms with Crippen molar-refractivity contribution in [2.75, 3.05) is 12.4 Å². The molecule has 2 aromatic heterocycles. The number of methoxy groups -OCH3 is 1. The van der Waals surface area contributed by atoms with E-state index in [9.17, 15) is 9.59 Å². The number of esters is 1. The van der Waals surface area contributed by atoms with E-state index < -0.39 is 5.97 Å². The number of carbonyl (C=O) groups excluding carboxylic acids is 2. The Morgan fingerprint density at radius 1 is 1.25 bits per heavy atom. The van der Waals surface area contributed by atoms with E-state index >= 15 is 0 Å². The highest BCUT2D eigenvalue weighted by Crippen LogP contribution is 2.33. The lowest BCUT2D eigenvalue weighted by Gasteiger charge is -2.06. The van der Waals surface area contributed by atoms with E-state index in [2.05, 4.69) is 10.3 Å². The molecule has 2 heterocycles. The molecule has 0 unspecified atom stereocenters. The second kappa shape index (κ2) is 5.83. The fraction of sp³-hybridized carbons (Fsp3) is 0.214. The number of anilines is 1. The van der Waals surface area contributed by atoms with Gasteiger partial charge in [-0.1, -0.05) is 0 Å². The highest BCUT2D eigenvalue weighted by Gasteiger charge is 2.21. The summed E-state index contributed by atoms with van der Waals surface area (Å²) in [7, 11) is 1.32. The Morgan fingerprint density at radius 3 is 2.50 bits per heavy atom. The molecule has 0 fully saturated rings. The fourth-order valence-corrected chi connectivity index (χ4v) is 2.78. The van der Waals surface area contributed by atoms with E-state index in [1.165, 1.54) is 18.4 Å². The second-order valence-electron chi connectivity index (χ2n) is 4.17. The number of thiophene rings is 1. The van der Waals surface area contributed by atoms with E-state index in [1.54, 1.807) is 24.5 Å². The minimum atomic E-state index is -0.447. The monoisotopic (exact) mass is 290 g/mol. The summed E-state index contributed by atoms with van der Waals surface area (Å²) in [5, 5.41) is 3.26. The summed E-state index contributed by atoms with van der Waals surface area (Å²) < 4.78 is 4.76. The number of hydrogen-bond acceptors (Lipinski definition) is 5. The molecule has 2 aromatic rings. The van der Waals surface area contributed by atoms with Crippen LogP contribution in [-0.2, 0) is 4.74 Å². The lowest BCUT2D eigenvalue weighted by molar-refractivity contribution is 0.0601. The van der Waals surface area contributed by atoms with Crippen molar-refractivity contribution in [2.45, 2.75) is 13.8 Å². The van der Waals surface area contributed by atoms with Gasteiger partial charge in [0, 0.05) is 22.8 Å². The first kappa shape index (κ1) is 14.2. The van der Waals surface area contributed by atoms with Crippen molar-refractivity contribution in [2.24, 2.45) is 0 Å². The number of rotatable bonds is 3. The Hall–Kier alpha value is -2.21. The standard InChI is InChI=1S/C14H14N2O3S/c1-8-9(2)20-13(11(8)14(18)19-3)16-12(17)10-4-6-15-7-5-10/h4-7H,1-3H3,(H,16,17). The smallest absolute Gasteiger partial charge is 0.341 e. The van der Waals surface area contributed by atoms with Crippen LogP contribution in [-0.4, -0.2) is 24.0 Å². The van der Waals surface area contributed by atoms with Crippen LogP contribution in [0.3, 0.4) is 0 Å². The van der Waals surface area contributed by atoms with Gasteiger partial charge in [-0.2, -0.15) is 0 Å². The largest absolute Gasteiger partial charge is 0.465 e. The summed E-state index contributed by atoms with van der Waals surface area (Å²) >= 11 is 1.36. The zero-order valence-corrected chi connectivity index (χ0v) is 12.2. The minimum Gasteiger partial charge on any atom is -0.465 e. The average molecular weight is 290 g/mol. The average Bonchev–Trinajstić information content (AvgIpc) is 2.74. The summed E-state index contributed by atoms with van der Waals surface area (Å²) in [6.07, 6.45) is 3.09. The topological polar surface area (TPSA) is 68.3 Å². The van der Waals surface area contributed by atoms with Gasteiger partial charge < -0.3 is 10.1 Å². The van der Waals surface area contributed by atoms with E-state index in [4.69, 9.17) is 4.74 Å². The van der Waals surface area contributed by atoms with Crippen LogP contribution in [0, 0.1) is 13.8 Å². The lowest BCUT2D eigenvalue weighted by Crippen LogP contribution is -2.14. The van der Waals surface area contributed by atoms with Crippen LogP contribution in [0.1, 0.15) is 31.2 Å². The first-order valence-electron chi connectivity index (χ1n) is 5.94. The van der Waals surface area contributed by atoms with Gasteiger partial charge in [0.2, 0.25) is 0 Å². The Balaban J connectivity index is 2.32. The fourth-order valence-electron chi connectivity index (χ4n) is 1.74. The van der Waals surface area contributed by atoms with E-state index in [-0.39, 0.29) is 5.91 Å². The van der Waals surface area contributed by atoms with Gasteiger partial charge in [-0.25, -0.2) is 4.79 Å². The van der Waals surface area contributed by atoms with Crippen molar-refractivity contribution < 1.29 is 14.3 Å². The van der Waals surface area contributed by atoms with Gasteiger partial charge in [-0.05, 0) is 31.5 Å². The molecule has 1 N–H and O–H groups in total. The first-order chi connectivity index (χ1) is 9.54. The third-order valence-corrected chi connectivity index (χ3v) is 4.07. The third kappa shape index (κ3) is 2.70. The molecule has 0 saturated heterocycles. The number of carbonyl (C=O) groups is 2. The molecule has 6 heteroatoms. The van der Waals surface area contributed by atoms with Gasteiger partial charge >= 0.3 is 5.97 Å². The molecule has 0 bridgehead atoms. The number of nitrogens with one attached hydrogen (secondary N) is 1. The maximum Gasteiger partial charge on any atom is 0.341 e. The lowest BCUT2D eigenvalue weighted by atomic mass is 10.1. The number of pyridine rings is 1. The van der Waals surface area contributed by atoms with Crippen LogP contribution >= 0.6 is 11.3 Å². The zero-order chi connectivity index (χ0) is 14.7. The van der Waals surface area contributed by atoms with Crippen molar-refractivity contribution in [1.29, 1.82) is 0 Å². The molecule has 0 aliphatic rings. The van der Waals surface area contributed by atoms with Crippen molar-refractivity contribution in [1.82, 2.24) is 4.98 Å². The van der Waals surface area contributed by atoms with Crippen LogP contribution in [0.5, 0.6) is 0 Å². The molecule has 0 spiro atoms.